The Bertz CT molecular complexity index is 372. The molecule has 5 heteroatoms. The van der Waals surface area contributed by atoms with Crippen molar-refractivity contribution in [3.05, 3.63) is 0 Å². The Balaban J connectivity index is 1.77. The zero-order valence-corrected chi connectivity index (χ0v) is 11.7. The van der Waals surface area contributed by atoms with Crippen LogP contribution in [0, 0.1) is 17.8 Å². The van der Waals surface area contributed by atoms with Crippen molar-refractivity contribution in [3.63, 3.8) is 0 Å². The second kappa shape index (κ2) is 5.39. The van der Waals surface area contributed by atoms with Gasteiger partial charge >= 0.3 is 12.0 Å². The number of fused-ring (bicyclic) bond motifs is 2. The van der Waals surface area contributed by atoms with Crippen LogP contribution in [0.3, 0.4) is 0 Å². The van der Waals surface area contributed by atoms with Gasteiger partial charge in [0.05, 0.1) is 0 Å². The van der Waals surface area contributed by atoms with Crippen molar-refractivity contribution in [2.75, 3.05) is 6.54 Å². The lowest BCUT2D eigenvalue weighted by atomic mass is 9.89. The van der Waals surface area contributed by atoms with Gasteiger partial charge in [0.1, 0.15) is 5.54 Å². The highest BCUT2D eigenvalue weighted by Crippen LogP contribution is 2.47. The predicted molar refractivity (Wildman–Crippen MR) is 71.8 cm³/mol. The molecule has 0 aromatic carbocycles. The molecule has 2 bridgehead atoms. The molecule has 2 amide bonds. The summed E-state index contributed by atoms with van der Waals surface area (Å²) in [4.78, 5) is 22.9. The molecule has 0 radical (unpaired) electrons. The van der Waals surface area contributed by atoms with E-state index in [1.807, 2.05) is 0 Å². The minimum atomic E-state index is -1.18. The third kappa shape index (κ3) is 3.01. The molecule has 0 spiro atoms. The van der Waals surface area contributed by atoms with Gasteiger partial charge in [0.2, 0.25) is 0 Å². The number of carboxylic acid groups (broad SMARTS) is 1. The predicted octanol–water partition coefficient (Wildman–Crippen LogP) is 1.98. The zero-order chi connectivity index (χ0) is 14.0. The molecule has 2 aliphatic rings. The number of amides is 2. The van der Waals surface area contributed by atoms with Crippen LogP contribution in [0.1, 0.15) is 46.0 Å². The van der Waals surface area contributed by atoms with Gasteiger partial charge in [0.15, 0.2) is 0 Å². The van der Waals surface area contributed by atoms with E-state index in [4.69, 9.17) is 5.11 Å². The number of nitrogens with one attached hydrogen (secondary N) is 2. The number of rotatable bonds is 5. The highest BCUT2D eigenvalue weighted by atomic mass is 16.4. The molecule has 108 valence electrons. The van der Waals surface area contributed by atoms with Crippen molar-refractivity contribution in [2.45, 2.75) is 51.5 Å². The SMILES string of the molecule is CCC(C)(NC(=O)NCC1CC2CCC1C2)C(=O)O. The first-order chi connectivity index (χ1) is 8.94. The molecule has 0 aromatic heterocycles. The van der Waals surface area contributed by atoms with Crippen LogP contribution in [0.2, 0.25) is 0 Å². The molecule has 0 heterocycles. The van der Waals surface area contributed by atoms with Crippen molar-refractivity contribution in [3.8, 4) is 0 Å². The van der Waals surface area contributed by atoms with E-state index in [2.05, 4.69) is 10.6 Å². The van der Waals surface area contributed by atoms with Crippen LogP contribution in [-0.2, 0) is 4.79 Å². The number of urea groups is 1. The Morgan fingerprint density at radius 2 is 2.05 bits per heavy atom. The molecule has 4 atom stereocenters. The summed E-state index contributed by atoms with van der Waals surface area (Å²) in [5.74, 6) is 1.22. The van der Waals surface area contributed by atoms with Crippen molar-refractivity contribution in [1.29, 1.82) is 0 Å². The lowest BCUT2D eigenvalue weighted by Crippen LogP contribution is -2.55. The van der Waals surface area contributed by atoms with Crippen LogP contribution in [-0.4, -0.2) is 29.2 Å². The molecule has 5 nitrogen and oxygen atoms in total. The van der Waals surface area contributed by atoms with Gasteiger partial charge in [-0.2, -0.15) is 0 Å². The third-order valence-corrected chi connectivity index (χ3v) is 4.98. The first kappa shape index (κ1) is 14.2. The molecule has 3 N–H and O–H groups in total. The molecular weight excluding hydrogens is 244 g/mol. The summed E-state index contributed by atoms with van der Waals surface area (Å²) in [6, 6.07) is -0.366. The van der Waals surface area contributed by atoms with Crippen molar-refractivity contribution in [1.82, 2.24) is 10.6 Å². The molecule has 2 fully saturated rings. The van der Waals surface area contributed by atoms with E-state index in [1.165, 1.54) is 32.6 Å². The molecule has 0 aliphatic heterocycles. The second-order valence-electron chi connectivity index (χ2n) is 6.26. The fourth-order valence-electron chi connectivity index (χ4n) is 3.44. The van der Waals surface area contributed by atoms with Crippen LogP contribution in [0.5, 0.6) is 0 Å². The lowest BCUT2D eigenvalue weighted by Gasteiger charge is -2.26. The standard InChI is InChI=1S/C14H24N2O3/c1-3-14(2,12(17)18)16-13(19)15-8-11-7-9-4-5-10(11)6-9/h9-11H,3-8H2,1-2H3,(H,17,18)(H2,15,16,19). The normalized spacial score (nSPS) is 31.8. The van der Waals surface area contributed by atoms with E-state index in [-0.39, 0.29) is 6.03 Å². The van der Waals surface area contributed by atoms with Crippen LogP contribution >= 0.6 is 0 Å². The summed E-state index contributed by atoms with van der Waals surface area (Å²) in [5.41, 5.74) is -1.18. The first-order valence-electron chi connectivity index (χ1n) is 7.24. The van der Waals surface area contributed by atoms with Crippen LogP contribution in [0.4, 0.5) is 4.79 Å². The highest BCUT2D eigenvalue weighted by Gasteiger charge is 2.39. The molecule has 2 rings (SSSR count). The van der Waals surface area contributed by atoms with Crippen LogP contribution in [0.15, 0.2) is 0 Å². The van der Waals surface area contributed by atoms with E-state index in [1.54, 1.807) is 6.92 Å². The maximum atomic E-state index is 11.8. The summed E-state index contributed by atoms with van der Waals surface area (Å²) in [6.45, 7) is 3.96. The van der Waals surface area contributed by atoms with Crippen LogP contribution in [0.25, 0.3) is 0 Å². The Kier molecular flexibility index (Phi) is 4.02. The number of aliphatic carboxylic acids is 1. The summed E-state index contributed by atoms with van der Waals surface area (Å²) in [7, 11) is 0. The Morgan fingerprint density at radius 3 is 2.53 bits per heavy atom. The molecule has 2 aliphatic carbocycles. The Labute approximate surface area is 114 Å². The summed E-state index contributed by atoms with van der Waals surface area (Å²) < 4.78 is 0. The summed E-state index contributed by atoms with van der Waals surface area (Å²) >= 11 is 0. The number of carboxylic acids is 1. The zero-order valence-electron chi connectivity index (χ0n) is 11.7. The first-order valence-corrected chi connectivity index (χ1v) is 7.24. The largest absolute Gasteiger partial charge is 0.480 e. The second-order valence-corrected chi connectivity index (χ2v) is 6.26. The molecule has 4 unspecified atom stereocenters. The molecular formula is C14H24N2O3. The summed E-state index contributed by atoms with van der Waals surface area (Å²) in [6.07, 6.45) is 5.54. The highest BCUT2D eigenvalue weighted by molar-refractivity contribution is 5.85. The van der Waals surface area contributed by atoms with Gasteiger partial charge in [-0.05, 0) is 50.4 Å². The fraction of sp³-hybridized carbons (Fsp3) is 0.857. The van der Waals surface area contributed by atoms with E-state index in [0.717, 1.165) is 11.8 Å². The van der Waals surface area contributed by atoms with Crippen molar-refractivity contribution in [2.24, 2.45) is 17.8 Å². The molecule has 0 aromatic rings. The maximum absolute atomic E-state index is 11.8. The van der Waals surface area contributed by atoms with Gasteiger partial charge in [-0.15, -0.1) is 0 Å². The van der Waals surface area contributed by atoms with E-state index < -0.39 is 11.5 Å². The molecule has 19 heavy (non-hydrogen) atoms. The minimum Gasteiger partial charge on any atom is -0.480 e. The minimum absolute atomic E-state index is 0.365. The van der Waals surface area contributed by atoms with Gasteiger partial charge in [-0.25, -0.2) is 9.59 Å². The monoisotopic (exact) mass is 268 g/mol. The quantitative estimate of drug-likeness (QED) is 0.713. The Morgan fingerprint density at radius 1 is 1.32 bits per heavy atom. The van der Waals surface area contributed by atoms with Gasteiger partial charge < -0.3 is 15.7 Å². The lowest BCUT2D eigenvalue weighted by molar-refractivity contribution is -0.143. The number of hydrogen-bond acceptors (Lipinski definition) is 2. The van der Waals surface area contributed by atoms with Crippen molar-refractivity contribution < 1.29 is 14.7 Å². The van der Waals surface area contributed by atoms with Crippen LogP contribution < -0.4 is 10.6 Å². The number of carbonyl (C=O) groups is 2. The van der Waals surface area contributed by atoms with Gasteiger partial charge in [-0.3, -0.25) is 0 Å². The van der Waals surface area contributed by atoms with Gasteiger partial charge in [0, 0.05) is 6.54 Å². The molecule has 2 saturated carbocycles. The number of hydrogen-bond donors (Lipinski definition) is 3. The maximum Gasteiger partial charge on any atom is 0.329 e. The summed E-state index contributed by atoms with van der Waals surface area (Å²) in [5, 5.41) is 14.5. The fourth-order valence-corrected chi connectivity index (χ4v) is 3.44. The van der Waals surface area contributed by atoms with E-state index in [0.29, 0.717) is 18.9 Å². The number of carbonyl (C=O) groups excluding carboxylic acids is 1. The molecule has 0 saturated heterocycles. The van der Waals surface area contributed by atoms with Gasteiger partial charge in [0.25, 0.3) is 0 Å². The third-order valence-electron chi connectivity index (χ3n) is 4.98. The average Bonchev–Trinajstić information content (AvgIpc) is 2.98. The van der Waals surface area contributed by atoms with Gasteiger partial charge in [-0.1, -0.05) is 13.3 Å². The average molecular weight is 268 g/mol. The van der Waals surface area contributed by atoms with E-state index >= 15 is 0 Å². The Hall–Kier alpha value is -1.26. The smallest absolute Gasteiger partial charge is 0.329 e. The van der Waals surface area contributed by atoms with Crippen molar-refractivity contribution >= 4 is 12.0 Å². The van der Waals surface area contributed by atoms with E-state index in [9.17, 15) is 9.59 Å². The topological polar surface area (TPSA) is 78.4 Å².